The largest absolute Gasteiger partial charge is 0.389 e. The van der Waals surface area contributed by atoms with Gasteiger partial charge in [-0.15, -0.1) is 0 Å². The normalized spacial score (nSPS) is 16.3. The summed E-state index contributed by atoms with van der Waals surface area (Å²) < 4.78 is 0. The van der Waals surface area contributed by atoms with Crippen molar-refractivity contribution in [1.29, 1.82) is 5.26 Å². The first kappa shape index (κ1) is 17.7. The first-order valence-corrected chi connectivity index (χ1v) is 8.20. The average molecular weight is 336 g/mol. The van der Waals surface area contributed by atoms with Crippen LogP contribution in [0.2, 0.25) is 5.02 Å². The highest BCUT2D eigenvalue weighted by atomic mass is 35.5. The Morgan fingerprint density at radius 1 is 1.48 bits per heavy atom. The van der Waals surface area contributed by atoms with E-state index in [0.29, 0.717) is 35.8 Å². The van der Waals surface area contributed by atoms with Crippen molar-refractivity contribution in [1.82, 2.24) is 4.90 Å². The van der Waals surface area contributed by atoms with Gasteiger partial charge in [-0.05, 0) is 38.1 Å². The number of benzene rings is 1. The molecule has 23 heavy (non-hydrogen) atoms. The Morgan fingerprint density at radius 2 is 2.17 bits per heavy atom. The van der Waals surface area contributed by atoms with Gasteiger partial charge in [-0.2, -0.15) is 5.26 Å². The van der Waals surface area contributed by atoms with Crippen molar-refractivity contribution < 1.29 is 9.90 Å². The van der Waals surface area contributed by atoms with Gasteiger partial charge in [-0.25, -0.2) is 0 Å². The maximum absolute atomic E-state index is 12.0. The first-order valence-electron chi connectivity index (χ1n) is 7.82. The highest BCUT2D eigenvalue weighted by molar-refractivity contribution is 6.32. The van der Waals surface area contributed by atoms with Crippen LogP contribution in [0.25, 0.3) is 0 Å². The van der Waals surface area contributed by atoms with Gasteiger partial charge in [0.15, 0.2) is 0 Å². The Labute approximate surface area is 141 Å². The molecule has 0 spiro atoms. The SMILES string of the molecule is CN(CCC(=O)Nc1ccc(C#N)c(Cl)c1)CC1(O)CCCC1. The minimum atomic E-state index is -0.591. The van der Waals surface area contributed by atoms with E-state index < -0.39 is 5.60 Å². The van der Waals surface area contributed by atoms with E-state index in [2.05, 4.69) is 5.32 Å². The number of nitriles is 1. The number of rotatable bonds is 6. The molecule has 124 valence electrons. The molecule has 1 fully saturated rings. The lowest BCUT2D eigenvalue weighted by atomic mass is 10.0. The van der Waals surface area contributed by atoms with E-state index >= 15 is 0 Å². The maximum Gasteiger partial charge on any atom is 0.225 e. The summed E-state index contributed by atoms with van der Waals surface area (Å²) in [6.07, 6.45) is 4.17. The van der Waals surface area contributed by atoms with E-state index in [9.17, 15) is 9.90 Å². The fourth-order valence-corrected chi connectivity index (χ4v) is 3.19. The topological polar surface area (TPSA) is 76.4 Å². The van der Waals surface area contributed by atoms with Crippen LogP contribution >= 0.6 is 11.6 Å². The molecule has 6 heteroatoms. The summed E-state index contributed by atoms with van der Waals surface area (Å²) in [5.74, 6) is -0.115. The molecule has 0 saturated heterocycles. The van der Waals surface area contributed by atoms with Gasteiger partial charge in [0.1, 0.15) is 6.07 Å². The summed E-state index contributed by atoms with van der Waals surface area (Å²) in [5, 5.41) is 22.3. The fourth-order valence-electron chi connectivity index (χ4n) is 2.97. The Bertz CT molecular complexity index is 606. The zero-order chi connectivity index (χ0) is 16.9. The minimum Gasteiger partial charge on any atom is -0.389 e. The van der Waals surface area contributed by atoms with E-state index in [-0.39, 0.29) is 5.91 Å². The number of halogens is 1. The number of anilines is 1. The fraction of sp³-hybridized carbons (Fsp3) is 0.529. The molecule has 1 amide bonds. The van der Waals surface area contributed by atoms with E-state index in [4.69, 9.17) is 16.9 Å². The first-order chi connectivity index (χ1) is 10.9. The summed E-state index contributed by atoms with van der Waals surface area (Å²) in [6.45, 7) is 1.18. The van der Waals surface area contributed by atoms with Crippen LogP contribution < -0.4 is 5.32 Å². The zero-order valence-electron chi connectivity index (χ0n) is 13.3. The molecule has 1 aliphatic carbocycles. The van der Waals surface area contributed by atoms with E-state index in [0.717, 1.165) is 25.7 Å². The lowest BCUT2D eigenvalue weighted by Gasteiger charge is -2.28. The van der Waals surface area contributed by atoms with Gasteiger partial charge in [0.25, 0.3) is 0 Å². The molecule has 5 nitrogen and oxygen atoms in total. The molecule has 1 aliphatic rings. The summed E-state index contributed by atoms with van der Waals surface area (Å²) in [7, 11) is 1.92. The Hall–Kier alpha value is -1.61. The van der Waals surface area contributed by atoms with Gasteiger partial charge in [0.05, 0.1) is 16.2 Å². The Balaban J connectivity index is 1.78. The van der Waals surface area contributed by atoms with Crippen LogP contribution in [0.5, 0.6) is 0 Å². The molecular formula is C17H22ClN3O2. The van der Waals surface area contributed by atoms with Gasteiger partial charge in [0, 0.05) is 25.2 Å². The van der Waals surface area contributed by atoms with Gasteiger partial charge >= 0.3 is 0 Å². The standard InChI is InChI=1S/C17H22ClN3O2/c1-21(12-17(23)7-2-3-8-17)9-6-16(22)20-14-5-4-13(11-19)15(18)10-14/h4-5,10,23H,2-3,6-9,12H2,1H3,(H,20,22). The monoisotopic (exact) mass is 335 g/mol. The molecule has 1 aromatic rings. The van der Waals surface area contributed by atoms with Crippen LogP contribution in [0.3, 0.4) is 0 Å². The second-order valence-electron chi connectivity index (χ2n) is 6.27. The molecule has 1 aromatic carbocycles. The van der Waals surface area contributed by atoms with E-state index in [1.165, 1.54) is 0 Å². The number of nitrogens with one attached hydrogen (secondary N) is 1. The highest BCUT2D eigenvalue weighted by Gasteiger charge is 2.32. The van der Waals surface area contributed by atoms with Crippen molar-refractivity contribution in [2.45, 2.75) is 37.7 Å². The van der Waals surface area contributed by atoms with Gasteiger partial charge in [0.2, 0.25) is 5.91 Å². The van der Waals surface area contributed by atoms with Crippen LogP contribution in [-0.2, 0) is 4.79 Å². The van der Waals surface area contributed by atoms with Crippen LogP contribution in [-0.4, -0.2) is 41.7 Å². The molecule has 0 aromatic heterocycles. The molecule has 0 atom stereocenters. The van der Waals surface area contributed by atoms with Crippen molar-refractivity contribution in [2.75, 3.05) is 25.5 Å². The summed E-state index contributed by atoms with van der Waals surface area (Å²) in [5.41, 5.74) is 0.372. The lowest BCUT2D eigenvalue weighted by Crippen LogP contribution is -2.40. The summed E-state index contributed by atoms with van der Waals surface area (Å²) in [4.78, 5) is 14.0. The van der Waals surface area contributed by atoms with Crippen molar-refractivity contribution in [3.05, 3.63) is 28.8 Å². The van der Waals surface area contributed by atoms with E-state index in [1.54, 1.807) is 18.2 Å². The maximum atomic E-state index is 12.0. The number of aliphatic hydroxyl groups is 1. The Kier molecular flexibility index (Phi) is 6.00. The number of carbonyl (C=O) groups is 1. The van der Waals surface area contributed by atoms with Crippen molar-refractivity contribution >= 4 is 23.2 Å². The predicted octanol–water partition coefficient (Wildman–Crippen LogP) is 2.78. The third kappa shape index (κ3) is 5.21. The van der Waals surface area contributed by atoms with Crippen LogP contribution in [0.1, 0.15) is 37.7 Å². The average Bonchev–Trinajstić information content (AvgIpc) is 2.91. The molecule has 2 rings (SSSR count). The molecular weight excluding hydrogens is 314 g/mol. The van der Waals surface area contributed by atoms with Crippen LogP contribution in [0, 0.1) is 11.3 Å². The summed E-state index contributed by atoms with van der Waals surface area (Å²) in [6, 6.07) is 6.79. The van der Waals surface area contributed by atoms with Crippen molar-refractivity contribution in [3.63, 3.8) is 0 Å². The second kappa shape index (κ2) is 7.78. The zero-order valence-corrected chi connectivity index (χ0v) is 14.1. The highest BCUT2D eigenvalue weighted by Crippen LogP contribution is 2.29. The number of nitrogens with zero attached hydrogens (tertiary/aromatic N) is 2. The smallest absolute Gasteiger partial charge is 0.225 e. The number of amides is 1. The molecule has 0 heterocycles. The van der Waals surface area contributed by atoms with Crippen LogP contribution in [0.4, 0.5) is 5.69 Å². The molecule has 0 bridgehead atoms. The molecule has 0 radical (unpaired) electrons. The van der Waals surface area contributed by atoms with Crippen molar-refractivity contribution in [3.8, 4) is 6.07 Å². The van der Waals surface area contributed by atoms with Gasteiger partial charge < -0.3 is 15.3 Å². The van der Waals surface area contributed by atoms with Gasteiger partial charge in [-0.3, -0.25) is 4.79 Å². The third-order valence-electron chi connectivity index (χ3n) is 4.19. The minimum absolute atomic E-state index is 0.115. The number of likely N-dealkylation sites (N-methyl/N-ethyl adjacent to an activating group) is 1. The number of hydrogen-bond donors (Lipinski definition) is 2. The third-order valence-corrected chi connectivity index (χ3v) is 4.51. The number of carbonyl (C=O) groups excluding carboxylic acids is 1. The van der Waals surface area contributed by atoms with E-state index in [1.807, 2.05) is 18.0 Å². The Morgan fingerprint density at radius 3 is 2.78 bits per heavy atom. The quantitative estimate of drug-likeness (QED) is 0.838. The molecule has 1 saturated carbocycles. The summed E-state index contributed by atoms with van der Waals surface area (Å²) >= 11 is 5.94. The molecule has 0 unspecified atom stereocenters. The van der Waals surface area contributed by atoms with Crippen molar-refractivity contribution in [2.24, 2.45) is 0 Å². The molecule has 0 aliphatic heterocycles. The molecule has 2 N–H and O–H groups in total. The lowest BCUT2D eigenvalue weighted by molar-refractivity contribution is -0.116. The number of hydrogen-bond acceptors (Lipinski definition) is 4. The van der Waals surface area contributed by atoms with Crippen LogP contribution in [0.15, 0.2) is 18.2 Å². The predicted molar refractivity (Wildman–Crippen MR) is 90.3 cm³/mol. The van der Waals surface area contributed by atoms with Gasteiger partial charge in [-0.1, -0.05) is 24.4 Å². The second-order valence-corrected chi connectivity index (χ2v) is 6.68.